The van der Waals surface area contributed by atoms with E-state index in [4.69, 9.17) is 23.7 Å². The number of benzene rings is 4. The average Bonchev–Trinajstić information content (AvgIpc) is 3.28. The SMILES string of the molecule is CCCCCCCCCCCCOc1cc(C(=O)OC)cc(C(=O)OCCN(CCC)c2ccc(/N=N/c3cc(OC)c(/N=N/c4ccc([N+](=O)[O-])cc4)cc3OC)cc2)c1. The van der Waals surface area contributed by atoms with Crippen LogP contribution in [-0.4, -0.2) is 64.5 Å². The van der Waals surface area contributed by atoms with Crippen molar-refractivity contribution in [3.63, 3.8) is 0 Å². The van der Waals surface area contributed by atoms with Crippen LogP contribution in [0.3, 0.4) is 0 Å². The molecule has 0 saturated heterocycles. The molecule has 0 saturated carbocycles. The van der Waals surface area contributed by atoms with Crippen molar-refractivity contribution in [3.8, 4) is 17.2 Å². The number of nitro groups is 1. The van der Waals surface area contributed by atoms with Crippen LogP contribution in [0.4, 0.5) is 34.1 Å². The summed E-state index contributed by atoms with van der Waals surface area (Å²) in [4.78, 5) is 38.3. The van der Waals surface area contributed by atoms with Crippen LogP contribution in [0, 0.1) is 10.1 Å². The van der Waals surface area contributed by atoms with Gasteiger partial charge >= 0.3 is 11.9 Å². The van der Waals surface area contributed by atoms with E-state index in [-0.39, 0.29) is 23.4 Å². The lowest BCUT2D eigenvalue weighted by molar-refractivity contribution is -0.384. The molecule has 0 amide bonds. The van der Waals surface area contributed by atoms with Crippen LogP contribution in [0.25, 0.3) is 0 Å². The van der Waals surface area contributed by atoms with Gasteiger partial charge < -0.3 is 28.6 Å². The summed E-state index contributed by atoms with van der Waals surface area (Å²) in [7, 11) is 4.29. The Bertz CT molecular complexity index is 2060. The van der Waals surface area contributed by atoms with E-state index in [1.54, 1.807) is 24.3 Å². The molecule has 0 bridgehead atoms. The van der Waals surface area contributed by atoms with Gasteiger partial charge in [0, 0.05) is 36.5 Å². The Morgan fingerprint density at radius 2 is 1.13 bits per heavy atom. The Hall–Kier alpha value is -6.38. The third-order valence-corrected chi connectivity index (χ3v) is 9.72. The first-order valence-electron chi connectivity index (χ1n) is 20.9. The van der Waals surface area contributed by atoms with Gasteiger partial charge in [-0.3, -0.25) is 10.1 Å². The second kappa shape index (κ2) is 26.0. The van der Waals surface area contributed by atoms with E-state index in [1.807, 2.05) is 24.3 Å². The summed E-state index contributed by atoms with van der Waals surface area (Å²) in [5.41, 5.74) is 3.08. The minimum Gasteiger partial charge on any atom is -0.494 e. The lowest BCUT2D eigenvalue weighted by Crippen LogP contribution is -2.29. The van der Waals surface area contributed by atoms with Gasteiger partial charge in [0.25, 0.3) is 5.69 Å². The Kier molecular flexibility index (Phi) is 20.1. The molecule has 0 aliphatic rings. The number of carbonyl (C=O) groups excluding carboxylic acids is 2. The first-order valence-corrected chi connectivity index (χ1v) is 20.9. The van der Waals surface area contributed by atoms with Gasteiger partial charge in [-0.25, -0.2) is 9.59 Å². The highest BCUT2D eigenvalue weighted by molar-refractivity contribution is 5.96. The number of anilines is 1. The van der Waals surface area contributed by atoms with Gasteiger partial charge in [0.2, 0.25) is 0 Å². The lowest BCUT2D eigenvalue weighted by atomic mass is 10.1. The monoisotopic (exact) mass is 838 g/mol. The number of esters is 2. The van der Waals surface area contributed by atoms with Crippen molar-refractivity contribution in [3.05, 3.63) is 100 Å². The third kappa shape index (κ3) is 15.6. The number of methoxy groups -OCH3 is 3. The number of unbranched alkanes of at least 4 members (excludes halogenated alkanes) is 9. The summed E-state index contributed by atoms with van der Waals surface area (Å²) >= 11 is 0. The number of nitro benzene ring substituents is 1. The van der Waals surface area contributed by atoms with Crippen molar-refractivity contribution in [1.29, 1.82) is 0 Å². The molecule has 0 spiro atoms. The van der Waals surface area contributed by atoms with E-state index in [0.29, 0.717) is 53.1 Å². The molecule has 0 aliphatic carbocycles. The van der Waals surface area contributed by atoms with Crippen LogP contribution in [0.5, 0.6) is 17.2 Å². The lowest BCUT2D eigenvalue weighted by Gasteiger charge is -2.24. The van der Waals surface area contributed by atoms with Crippen LogP contribution in [0.2, 0.25) is 0 Å². The second-order valence-corrected chi connectivity index (χ2v) is 14.3. The van der Waals surface area contributed by atoms with E-state index >= 15 is 0 Å². The molecule has 4 rings (SSSR count). The van der Waals surface area contributed by atoms with Gasteiger partial charge in [0.15, 0.2) is 0 Å². The van der Waals surface area contributed by atoms with Crippen molar-refractivity contribution in [1.82, 2.24) is 0 Å². The minimum atomic E-state index is -0.562. The highest BCUT2D eigenvalue weighted by Crippen LogP contribution is 2.41. The van der Waals surface area contributed by atoms with Crippen molar-refractivity contribution in [2.24, 2.45) is 20.5 Å². The highest BCUT2D eigenvalue weighted by atomic mass is 16.6. The molecule has 326 valence electrons. The summed E-state index contributed by atoms with van der Waals surface area (Å²) in [5, 5.41) is 28.2. The number of azo groups is 2. The molecule has 0 N–H and O–H groups in total. The predicted molar refractivity (Wildman–Crippen MR) is 235 cm³/mol. The summed E-state index contributed by atoms with van der Waals surface area (Å²) in [6.07, 6.45) is 13.0. The fourth-order valence-electron chi connectivity index (χ4n) is 6.40. The zero-order valence-electron chi connectivity index (χ0n) is 36.0. The molecule has 0 atom stereocenters. The summed E-state index contributed by atoms with van der Waals surface area (Å²) in [5.74, 6) is 0.0556. The van der Waals surface area contributed by atoms with Gasteiger partial charge in [-0.1, -0.05) is 71.6 Å². The first-order chi connectivity index (χ1) is 29.7. The zero-order valence-corrected chi connectivity index (χ0v) is 36.0. The number of hydrogen-bond acceptors (Lipinski definition) is 14. The van der Waals surface area contributed by atoms with Crippen LogP contribution >= 0.6 is 0 Å². The van der Waals surface area contributed by atoms with E-state index in [2.05, 4.69) is 39.2 Å². The molecule has 0 unspecified atom stereocenters. The van der Waals surface area contributed by atoms with Crippen LogP contribution in [0.15, 0.2) is 99.3 Å². The number of nitrogens with zero attached hydrogens (tertiary/aromatic N) is 6. The second-order valence-electron chi connectivity index (χ2n) is 14.3. The van der Waals surface area contributed by atoms with Gasteiger partial charge in [0.1, 0.15) is 35.2 Å². The molecule has 0 heterocycles. The quantitative estimate of drug-likeness (QED) is 0.0185. The largest absolute Gasteiger partial charge is 0.494 e. The van der Waals surface area contributed by atoms with Gasteiger partial charge in [0.05, 0.1) is 61.9 Å². The molecular weight excluding hydrogens is 781 g/mol. The normalized spacial score (nSPS) is 11.2. The zero-order chi connectivity index (χ0) is 43.8. The number of rotatable bonds is 27. The molecule has 4 aromatic carbocycles. The van der Waals surface area contributed by atoms with Gasteiger partial charge in [-0.2, -0.15) is 10.2 Å². The van der Waals surface area contributed by atoms with Crippen molar-refractivity contribution in [2.45, 2.75) is 84.5 Å². The maximum Gasteiger partial charge on any atom is 0.338 e. The van der Waals surface area contributed by atoms with Gasteiger partial charge in [-0.15, -0.1) is 10.2 Å². The maximum atomic E-state index is 13.2. The Morgan fingerprint density at radius 3 is 1.64 bits per heavy atom. The minimum absolute atomic E-state index is 0.0457. The third-order valence-electron chi connectivity index (χ3n) is 9.72. The fourth-order valence-corrected chi connectivity index (χ4v) is 6.40. The highest BCUT2D eigenvalue weighted by Gasteiger charge is 2.17. The standard InChI is InChI=1S/C46H58N6O9/c1-6-8-9-10-11-12-13-14-15-16-27-60-40-30-34(45(53)59-5)29-35(31-40)46(54)61-28-26-51(25-7-2)38-21-17-36(18-22-38)47-49-41-32-44(58-4)42(33-43(41)57-3)50-48-37-19-23-39(24-20-37)52(55)56/h17-24,29-33H,6-16,25-28H2,1-5H3/b49-47+,50-48+. The molecule has 0 aliphatic heterocycles. The van der Waals surface area contributed by atoms with E-state index in [9.17, 15) is 19.7 Å². The molecule has 15 heteroatoms. The van der Waals surface area contributed by atoms with Crippen molar-refractivity contribution < 1.29 is 38.2 Å². The molecule has 0 fully saturated rings. The topological polar surface area (TPSA) is 176 Å². The van der Waals surface area contributed by atoms with E-state index in [1.165, 1.54) is 96.6 Å². The Morgan fingerprint density at radius 1 is 0.607 bits per heavy atom. The number of hydrogen-bond donors (Lipinski definition) is 0. The van der Waals surface area contributed by atoms with Gasteiger partial charge in [-0.05, 0) is 67.4 Å². The number of ether oxygens (including phenoxy) is 5. The first kappa shape index (κ1) is 47.3. The van der Waals surface area contributed by atoms with Crippen LogP contribution < -0.4 is 19.1 Å². The maximum absolute atomic E-state index is 13.2. The Labute approximate surface area is 358 Å². The summed E-state index contributed by atoms with van der Waals surface area (Å²) in [6, 6.07) is 21.1. The average molecular weight is 839 g/mol. The van der Waals surface area contributed by atoms with Crippen LogP contribution in [0.1, 0.15) is 105 Å². The molecular formula is C46H58N6O9. The smallest absolute Gasteiger partial charge is 0.338 e. The number of non-ortho nitro benzene ring substituents is 1. The molecule has 15 nitrogen and oxygen atoms in total. The van der Waals surface area contributed by atoms with Crippen molar-refractivity contribution in [2.75, 3.05) is 52.5 Å². The molecule has 61 heavy (non-hydrogen) atoms. The van der Waals surface area contributed by atoms with E-state index in [0.717, 1.165) is 37.9 Å². The summed E-state index contributed by atoms with van der Waals surface area (Å²) in [6.45, 7) is 6.06. The fraction of sp³-hybridized carbons (Fsp3) is 0.435. The Balaban J connectivity index is 1.33. The summed E-state index contributed by atoms with van der Waals surface area (Å²) < 4.78 is 27.7. The molecule has 0 radical (unpaired) electrons. The molecule has 0 aromatic heterocycles. The molecule has 4 aromatic rings. The van der Waals surface area contributed by atoms with Crippen LogP contribution in [-0.2, 0) is 9.47 Å². The predicted octanol–water partition coefficient (Wildman–Crippen LogP) is 12.6. The van der Waals surface area contributed by atoms with E-state index < -0.39 is 16.9 Å². The van der Waals surface area contributed by atoms with Crippen molar-refractivity contribution >= 4 is 46.1 Å². The number of carbonyl (C=O) groups is 2.